The molecule has 2 saturated heterocycles. The molecule has 0 radical (unpaired) electrons. The highest BCUT2D eigenvalue weighted by Crippen LogP contribution is 2.45. The van der Waals surface area contributed by atoms with Crippen LogP contribution < -0.4 is 10.6 Å². The van der Waals surface area contributed by atoms with E-state index in [2.05, 4.69) is 31.5 Å². The molecule has 82 valence electrons. The summed E-state index contributed by atoms with van der Waals surface area (Å²) in [5.74, 6) is 0. The van der Waals surface area contributed by atoms with E-state index >= 15 is 0 Å². The Kier molecular flexibility index (Phi) is 2.61. The van der Waals surface area contributed by atoms with Gasteiger partial charge in [0.1, 0.15) is 0 Å². The molecule has 2 nitrogen and oxygen atoms in total. The van der Waals surface area contributed by atoms with Crippen LogP contribution in [0.2, 0.25) is 0 Å². The fraction of sp³-hybridized carbons (Fsp3) is 1.00. The van der Waals surface area contributed by atoms with Crippen molar-refractivity contribution in [1.82, 2.24) is 10.6 Å². The van der Waals surface area contributed by atoms with E-state index in [1.54, 1.807) is 0 Å². The van der Waals surface area contributed by atoms with Crippen molar-refractivity contribution in [1.29, 1.82) is 0 Å². The summed E-state index contributed by atoms with van der Waals surface area (Å²) in [6.07, 6.45) is 7.98. The lowest BCUT2D eigenvalue weighted by atomic mass is 9.81. The third kappa shape index (κ3) is 1.49. The van der Waals surface area contributed by atoms with Gasteiger partial charge in [-0.1, -0.05) is 13.8 Å². The van der Waals surface area contributed by atoms with Crippen molar-refractivity contribution in [2.45, 2.75) is 69.5 Å². The minimum absolute atomic E-state index is 0.460. The summed E-state index contributed by atoms with van der Waals surface area (Å²) in [7, 11) is 2.11. The van der Waals surface area contributed by atoms with Gasteiger partial charge in [0.25, 0.3) is 0 Å². The number of nitrogens with one attached hydrogen (secondary N) is 2. The zero-order valence-corrected chi connectivity index (χ0v) is 9.82. The van der Waals surface area contributed by atoms with Crippen LogP contribution in [0.4, 0.5) is 0 Å². The van der Waals surface area contributed by atoms with E-state index in [-0.39, 0.29) is 0 Å². The largest absolute Gasteiger partial charge is 0.317 e. The van der Waals surface area contributed by atoms with Crippen molar-refractivity contribution >= 4 is 0 Å². The van der Waals surface area contributed by atoms with Crippen molar-refractivity contribution in [3.8, 4) is 0 Å². The van der Waals surface area contributed by atoms with E-state index in [1.807, 2.05) is 0 Å². The minimum atomic E-state index is 0.460. The summed E-state index contributed by atoms with van der Waals surface area (Å²) in [5, 5.41) is 7.42. The summed E-state index contributed by atoms with van der Waals surface area (Å²) >= 11 is 0. The van der Waals surface area contributed by atoms with Crippen LogP contribution in [-0.2, 0) is 0 Å². The highest BCUT2D eigenvalue weighted by atomic mass is 15.1. The lowest BCUT2D eigenvalue weighted by Crippen LogP contribution is -2.59. The fourth-order valence-electron chi connectivity index (χ4n) is 3.51. The Morgan fingerprint density at radius 3 is 2.00 bits per heavy atom. The van der Waals surface area contributed by atoms with Crippen LogP contribution in [0.3, 0.4) is 0 Å². The molecule has 0 aromatic heterocycles. The Balaban J connectivity index is 2.18. The molecule has 2 bridgehead atoms. The molecular weight excluding hydrogens is 172 g/mol. The predicted octanol–water partition coefficient (Wildman–Crippen LogP) is 2.05. The van der Waals surface area contributed by atoms with Crippen LogP contribution in [0.15, 0.2) is 0 Å². The lowest BCUT2D eigenvalue weighted by Gasteiger charge is -2.44. The number of rotatable bonds is 3. The van der Waals surface area contributed by atoms with E-state index in [9.17, 15) is 0 Å². The SMILES string of the molecule is CC[C@]12CC[C@](CC)(C[C@H](NC)C1)N2. The molecule has 2 rings (SSSR count). The van der Waals surface area contributed by atoms with E-state index in [0.29, 0.717) is 11.1 Å². The van der Waals surface area contributed by atoms with Crippen LogP contribution in [0.25, 0.3) is 0 Å². The maximum atomic E-state index is 3.94. The van der Waals surface area contributed by atoms with Crippen molar-refractivity contribution in [3.63, 3.8) is 0 Å². The van der Waals surface area contributed by atoms with Gasteiger partial charge in [-0.05, 0) is 45.6 Å². The molecular formula is C12H24N2. The molecule has 2 aliphatic rings. The van der Waals surface area contributed by atoms with E-state index in [4.69, 9.17) is 0 Å². The van der Waals surface area contributed by atoms with Crippen LogP contribution in [0, 0.1) is 0 Å². The van der Waals surface area contributed by atoms with E-state index in [1.165, 1.54) is 38.5 Å². The second-order valence-corrected chi connectivity index (χ2v) is 5.29. The molecule has 2 N–H and O–H groups in total. The molecule has 3 atom stereocenters. The minimum Gasteiger partial charge on any atom is -0.317 e. The van der Waals surface area contributed by atoms with Gasteiger partial charge < -0.3 is 10.6 Å². The lowest BCUT2D eigenvalue weighted by molar-refractivity contribution is 0.161. The number of fused-ring (bicyclic) bond motifs is 2. The summed E-state index contributed by atoms with van der Waals surface area (Å²) in [5.41, 5.74) is 0.921. The summed E-state index contributed by atoms with van der Waals surface area (Å²) in [6, 6.07) is 0.735. The quantitative estimate of drug-likeness (QED) is 0.722. The van der Waals surface area contributed by atoms with Gasteiger partial charge >= 0.3 is 0 Å². The first kappa shape index (κ1) is 10.4. The maximum Gasteiger partial charge on any atom is 0.0199 e. The van der Waals surface area contributed by atoms with Crippen molar-refractivity contribution in [2.75, 3.05) is 7.05 Å². The van der Waals surface area contributed by atoms with Crippen molar-refractivity contribution < 1.29 is 0 Å². The van der Waals surface area contributed by atoms with Crippen LogP contribution in [0.1, 0.15) is 52.4 Å². The second-order valence-electron chi connectivity index (χ2n) is 5.29. The summed E-state index contributed by atoms with van der Waals surface area (Å²) < 4.78 is 0. The molecule has 0 aromatic carbocycles. The molecule has 2 heterocycles. The Labute approximate surface area is 87.8 Å². The Morgan fingerprint density at radius 1 is 1.14 bits per heavy atom. The first-order valence-corrected chi connectivity index (χ1v) is 6.14. The average Bonchev–Trinajstić information content (AvgIpc) is 2.52. The average molecular weight is 196 g/mol. The molecule has 0 unspecified atom stereocenters. The van der Waals surface area contributed by atoms with Gasteiger partial charge in [0.2, 0.25) is 0 Å². The number of hydrogen-bond acceptors (Lipinski definition) is 2. The van der Waals surface area contributed by atoms with Gasteiger partial charge in [-0.25, -0.2) is 0 Å². The van der Waals surface area contributed by atoms with E-state index in [0.717, 1.165) is 6.04 Å². The third-order valence-electron chi connectivity index (χ3n) is 4.65. The Bertz CT molecular complexity index is 196. The Hall–Kier alpha value is -0.0800. The third-order valence-corrected chi connectivity index (χ3v) is 4.65. The van der Waals surface area contributed by atoms with Gasteiger partial charge in [0.05, 0.1) is 0 Å². The van der Waals surface area contributed by atoms with Crippen molar-refractivity contribution in [2.24, 2.45) is 0 Å². The molecule has 2 aliphatic heterocycles. The zero-order chi connectivity index (χ0) is 10.2. The maximum absolute atomic E-state index is 3.94. The molecule has 14 heavy (non-hydrogen) atoms. The van der Waals surface area contributed by atoms with Gasteiger partial charge in [-0.3, -0.25) is 0 Å². The van der Waals surface area contributed by atoms with Gasteiger partial charge in [0, 0.05) is 17.1 Å². The topological polar surface area (TPSA) is 24.1 Å². The predicted molar refractivity (Wildman–Crippen MR) is 60.5 cm³/mol. The number of piperidine rings is 1. The van der Waals surface area contributed by atoms with Crippen molar-refractivity contribution in [3.05, 3.63) is 0 Å². The van der Waals surface area contributed by atoms with Crippen LogP contribution in [-0.4, -0.2) is 24.2 Å². The molecule has 0 saturated carbocycles. The molecule has 2 fully saturated rings. The smallest absolute Gasteiger partial charge is 0.0199 e. The summed E-state index contributed by atoms with van der Waals surface area (Å²) in [4.78, 5) is 0. The molecule has 0 spiro atoms. The van der Waals surface area contributed by atoms with Gasteiger partial charge in [0.15, 0.2) is 0 Å². The van der Waals surface area contributed by atoms with Crippen LogP contribution >= 0.6 is 0 Å². The van der Waals surface area contributed by atoms with Gasteiger partial charge in [-0.2, -0.15) is 0 Å². The summed E-state index contributed by atoms with van der Waals surface area (Å²) in [6.45, 7) is 4.66. The molecule has 0 amide bonds. The molecule has 2 heteroatoms. The first-order valence-electron chi connectivity index (χ1n) is 6.14. The van der Waals surface area contributed by atoms with E-state index < -0.39 is 0 Å². The fourth-order valence-corrected chi connectivity index (χ4v) is 3.51. The van der Waals surface area contributed by atoms with Crippen LogP contribution in [0.5, 0.6) is 0 Å². The molecule has 0 aliphatic carbocycles. The highest BCUT2D eigenvalue weighted by Gasteiger charge is 2.51. The second kappa shape index (κ2) is 3.49. The monoisotopic (exact) mass is 196 g/mol. The Morgan fingerprint density at radius 2 is 1.64 bits per heavy atom. The van der Waals surface area contributed by atoms with Gasteiger partial charge in [-0.15, -0.1) is 0 Å². The highest BCUT2D eigenvalue weighted by molar-refractivity contribution is 5.12. The standard InChI is InChI=1S/C12H24N2/c1-4-11-6-7-12(5-2,14-11)9-10(8-11)13-3/h10,13-14H,4-9H2,1-3H3/t10-,11+,12-. The zero-order valence-electron chi connectivity index (χ0n) is 9.82. The first-order chi connectivity index (χ1) is 6.67. The molecule has 0 aromatic rings. The number of hydrogen-bond donors (Lipinski definition) is 2. The normalized spacial score (nSPS) is 46.9.